The monoisotopic (exact) mass is 210 g/mol. The van der Waals surface area contributed by atoms with Crippen LogP contribution in [0.25, 0.3) is 0 Å². The molecule has 3 heteroatoms. The van der Waals surface area contributed by atoms with Crippen LogP contribution >= 0.6 is 0 Å². The molecule has 1 aliphatic heterocycles. The maximum absolute atomic E-state index is 12.6. The van der Waals surface area contributed by atoms with E-state index in [1.807, 2.05) is 0 Å². The Morgan fingerprint density at radius 3 is 2.67 bits per heavy atom. The minimum Gasteiger partial charge on any atom is -0.491 e. The van der Waals surface area contributed by atoms with E-state index in [1.165, 1.54) is 12.1 Å². The summed E-state index contributed by atoms with van der Waals surface area (Å²) in [6, 6.07) is 6.06. The van der Waals surface area contributed by atoms with Crippen molar-refractivity contribution in [2.75, 3.05) is 6.61 Å². The van der Waals surface area contributed by atoms with Gasteiger partial charge in [-0.25, -0.2) is 4.39 Å². The lowest BCUT2D eigenvalue weighted by molar-refractivity contribution is 0.0264. The molecule has 1 fully saturated rings. The van der Waals surface area contributed by atoms with E-state index < -0.39 is 0 Å². The highest BCUT2D eigenvalue weighted by atomic mass is 19.1. The zero-order valence-electron chi connectivity index (χ0n) is 8.78. The van der Waals surface area contributed by atoms with Gasteiger partial charge in [-0.2, -0.15) is 0 Å². The van der Waals surface area contributed by atoms with Crippen molar-refractivity contribution >= 4 is 0 Å². The average Bonchev–Trinajstić information content (AvgIpc) is 2.64. The second-order valence-electron chi connectivity index (χ2n) is 3.91. The molecule has 0 spiro atoms. The number of hydrogen-bond acceptors (Lipinski definition) is 2. The van der Waals surface area contributed by atoms with Crippen molar-refractivity contribution in [1.29, 1.82) is 0 Å². The number of ether oxygens (including phenoxy) is 2. The third kappa shape index (κ3) is 2.93. The molecule has 2 rings (SSSR count). The molecule has 0 aliphatic carbocycles. The second-order valence-corrected chi connectivity index (χ2v) is 3.91. The molecule has 0 saturated carbocycles. The van der Waals surface area contributed by atoms with Gasteiger partial charge in [-0.1, -0.05) is 0 Å². The molecular weight excluding hydrogens is 195 g/mol. The summed E-state index contributed by atoms with van der Waals surface area (Å²) < 4.78 is 23.7. The first kappa shape index (κ1) is 10.4. The minimum absolute atomic E-state index is 0.185. The SMILES string of the molecule is C[C@@H]1CC[C@@H](COc2ccc(F)cc2)O1. The van der Waals surface area contributed by atoms with Gasteiger partial charge in [-0.3, -0.25) is 0 Å². The van der Waals surface area contributed by atoms with Crippen molar-refractivity contribution in [3.8, 4) is 5.75 Å². The lowest BCUT2D eigenvalue weighted by Crippen LogP contribution is -2.17. The van der Waals surface area contributed by atoms with Crippen LogP contribution in [0.15, 0.2) is 24.3 Å². The third-order valence-electron chi connectivity index (χ3n) is 2.57. The quantitative estimate of drug-likeness (QED) is 0.763. The van der Waals surface area contributed by atoms with Crippen LogP contribution < -0.4 is 4.74 Å². The zero-order chi connectivity index (χ0) is 10.7. The summed E-state index contributed by atoms with van der Waals surface area (Å²) in [6.45, 7) is 2.62. The Morgan fingerprint density at radius 2 is 2.07 bits per heavy atom. The van der Waals surface area contributed by atoms with Gasteiger partial charge >= 0.3 is 0 Å². The van der Waals surface area contributed by atoms with Gasteiger partial charge < -0.3 is 9.47 Å². The van der Waals surface area contributed by atoms with E-state index >= 15 is 0 Å². The summed E-state index contributed by atoms with van der Waals surface area (Å²) in [5, 5.41) is 0. The van der Waals surface area contributed by atoms with E-state index in [2.05, 4.69) is 6.92 Å². The van der Waals surface area contributed by atoms with Gasteiger partial charge in [0.2, 0.25) is 0 Å². The first-order valence-electron chi connectivity index (χ1n) is 5.28. The van der Waals surface area contributed by atoms with Gasteiger partial charge in [-0.05, 0) is 44.0 Å². The molecule has 0 amide bonds. The normalized spacial score (nSPS) is 25.5. The lowest BCUT2D eigenvalue weighted by atomic mass is 10.2. The number of hydrogen-bond donors (Lipinski definition) is 0. The van der Waals surface area contributed by atoms with Crippen molar-refractivity contribution in [3.63, 3.8) is 0 Å². The Morgan fingerprint density at radius 1 is 1.33 bits per heavy atom. The van der Waals surface area contributed by atoms with Crippen molar-refractivity contribution in [1.82, 2.24) is 0 Å². The summed E-state index contributed by atoms with van der Waals surface area (Å²) >= 11 is 0. The molecule has 0 unspecified atom stereocenters. The maximum atomic E-state index is 12.6. The molecule has 1 aromatic rings. The summed E-state index contributed by atoms with van der Waals surface area (Å²) in [6.07, 6.45) is 2.66. The van der Waals surface area contributed by atoms with Crippen LogP contribution in [0.2, 0.25) is 0 Å². The summed E-state index contributed by atoms with van der Waals surface area (Å²) in [5.74, 6) is 0.452. The fourth-order valence-electron chi connectivity index (χ4n) is 1.73. The van der Waals surface area contributed by atoms with Gasteiger partial charge in [0.15, 0.2) is 0 Å². The summed E-state index contributed by atoms with van der Waals surface area (Å²) in [5.41, 5.74) is 0. The molecule has 1 aliphatic rings. The molecule has 0 N–H and O–H groups in total. The molecule has 82 valence electrons. The van der Waals surface area contributed by atoms with Crippen molar-refractivity contribution in [2.24, 2.45) is 0 Å². The molecule has 0 aromatic heterocycles. The van der Waals surface area contributed by atoms with E-state index in [1.54, 1.807) is 12.1 Å². The predicted octanol–water partition coefficient (Wildman–Crippen LogP) is 2.77. The summed E-state index contributed by atoms with van der Waals surface area (Å²) in [4.78, 5) is 0. The standard InChI is InChI=1S/C12H15FO2/c1-9-2-5-12(15-9)8-14-11-6-3-10(13)4-7-11/h3-4,6-7,9,12H,2,5,8H2,1H3/t9-,12+/m1/s1. The first-order chi connectivity index (χ1) is 7.24. The Bertz CT molecular complexity index is 310. The van der Waals surface area contributed by atoms with Gasteiger partial charge in [0.25, 0.3) is 0 Å². The number of rotatable bonds is 3. The Kier molecular flexibility index (Phi) is 3.21. The van der Waals surface area contributed by atoms with Crippen LogP contribution in [0.1, 0.15) is 19.8 Å². The highest BCUT2D eigenvalue weighted by molar-refractivity contribution is 5.22. The van der Waals surface area contributed by atoms with Gasteiger partial charge in [0.1, 0.15) is 18.2 Å². The maximum Gasteiger partial charge on any atom is 0.123 e. The van der Waals surface area contributed by atoms with Crippen LogP contribution in [0.4, 0.5) is 4.39 Å². The molecule has 1 aromatic carbocycles. The summed E-state index contributed by atoms with van der Waals surface area (Å²) in [7, 11) is 0. The van der Waals surface area contributed by atoms with E-state index in [9.17, 15) is 4.39 Å². The fraction of sp³-hybridized carbons (Fsp3) is 0.500. The van der Waals surface area contributed by atoms with E-state index in [0.29, 0.717) is 18.5 Å². The molecule has 0 bridgehead atoms. The van der Waals surface area contributed by atoms with Crippen molar-refractivity contribution in [2.45, 2.75) is 32.0 Å². The first-order valence-corrected chi connectivity index (χ1v) is 5.28. The van der Waals surface area contributed by atoms with Crippen LogP contribution in [-0.4, -0.2) is 18.8 Å². The van der Waals surface area contributed by atoms with Crippen LogP contribution in [0, 0.1) is 5.82 Å². The van der Waals surface area contributed by atoms with E-state index in [4.69, 9.17) is 9.47 Å². The smallest absolute Gasteiger partial charge is 0.123 e. The largest absolute Gasteiger partial charge is 0.491 e. The molecule has 15 heavy (non-hydrogen) atoms. The van der Waals surface area contributed by atoms with Crippen LogP contribution in [0.5, 0.6) is 5.75 Å². The van der Waals surface area contributed by atoms with Gasteiger partial charge in [0, 0.05) is 0 Å². The molecule has 2 atom stereocenters. The minimum atomic E-state index is -0.243. The molecule has 2 nitrogen and oxygen atoms in total. The van der Waals surface area contributed by atoms with Gasteiger partial charge in [0.05, 0.1) is 12.2 Å². The van der Waals surface area contributed by atoms with Gasteiger partial charge in [-0.15, -0.1) is 0 Å². The zero-order valence-corrected chi connectivity index (χ0v) is 8.78. The average molecular weight is 210 g/mol. The Labute approximate surface area is 89.0 Å². The van der Waals surface area contributed by atoms with Crippen LogP contribution in [0.3, 0.4) is 0 Å². The highest BCUT2D eigenvalue weighted by Gasteiger charge is 2.21. The predicted molar refractivity (Wildman–Crippen MR) is 55.5 cm³/mol. The topological polar surface area (TPSA) is 18.5 Å². The molecule has 0 radical (unpaired) electrons. The van der Waals surface area contributed by atoms with E-state index in [0.717, 1.165) is 12.8 Å². The third-order valence-corrected chi connectivity index (χ3v) is 2.57. The van der Waals surface area contributed by atoms with Crippen LogP contribution in [-0.2, 0) is 4.74 Å². The molecular formula is C12H15FO2. The van der Waals surface area contributed by atoms with E-state index in [-0.39, 0.29) is 11.9 Å². The number of benzene rings is 1. The number of halogens is 1. The van der Waals surface area contributed by atoms with Crippen molar-refractivity contribution in [3.05, 3.63) is 30.1 Å². The Balaban J connectivity index is 1.80. The molecule has 1 heterocycles. The van der Waals surface area contributed by atoms with Crippen molar-refractivity contribution < 1.29 is 13.9 Å². The fourth-order valence-corrected chi connectivity index (χ4v) is 1.73. The highest BCUT2D eigenvalue weighted by Crippen LogP contribution is 2.20. The second kappa shape index (κ2) is 4.62. The molecule has 1 saturated heterocycles. The Hall–Kier alpha value is -1.09. The lowest BCUT2D eigenvalue weighted by Gasteiger charge is -2.12.